The number of amides is 1. The van der Waals surface area contributed by atoms with E-state index in [0.29, 0.717) is 18.2 Å². The van der Waals surface area contributed by atoms with E-state index in [-0.39, 0.29) is 11.3 Å². The Morgan fingerprint density at radius 2 is 2.11 bits per heavy atom. The molecule has 1 heterocycles. The minimum absolute atomic E-state index is 0.0235. The van der Waals surface area contributed by atoms with Gasteiger partial charge < -0.3 is 5.32 Å². The third kappa shape index (κ3) is 4.41. The first-order valence-corrected chi connectivity index (χ1v) is 6.91. The van der Waals surface area contributed by atoms with E-state index in [1.165, 1.54) is 0 Å². The molecule has 0 bridgehead atoms. The van der Waals surface area contributed by atoms with Gasteiger partial charge in [0.1, 0.15) is 5.82 Å². The second kappa shape index (κ2) is 5.83. The molecule has 0 aliphatic carbocycles. The molecule has 1 amide bonds. The molecule has 0 saturated heterocycles. The standard InChI is InChI=1S/C14H21BrN2O/c1-9-6-11(15)8-16-13(9)17-12(18)7-10(2)14(3,4)5/h6,8,10H,7H2,1-5H3,(H,16,17,18). The van der Waals surface area contributed by atoms with Gasteiger partial charge in [0.2, 0.25) is 5.91 Å². The summed E-state index contributed by atoms with van der Waals surface area (Å²) in [5, 5.41) is 2.87. The average Bonchev–Trinajstić information content (AvgIpc) is 2.20. The maximum atomic E-state index is 11.9. The van der Waals surface area contributed by atoms with E-state index in [0.717, 1.165) is 10.0 Å². The number of aryl methyl sites for hydroxylation is 1. The van der Waals surface area contributed by atoms with Crippen LogP contribution < -0.4 is 5.32 Å². The lowest BCUT2D eigenvalue weighted by Gasteiger charge is -2.26. The summed E-state index contributed by atoms with van der Waals surface area (Å²) in [6.45, 7) is 10.5. The fourth-order valence-electron chi connectivity index (χ4n) is 1.44. The molecule has 1 atom stereocenters. The maximum absolute atomic E-state index is 11.9. The molecule has 1 rings (SSSR count). The Hall–Kier alpha value is -0.900. The normalized spacial score (nSPS) is 13.2. The number of hydrogen-bond donors (Lipinski definition) is 1. The maximum Gasteiger partial charge on any atom is 0.225 e. The summed E-state index contributed by atoms with van der Waals surface area (Å²) in [6.07, 6.45) is 2.20. The topological polar surface area (TPSA) is 42.0 Å². The Kier molecular flexibility index (Phi) is 4.91. The van der Waals surface area contributed by atoms with Gasteiger partial charge in [0, 0.05) is 17.1 Å². The van der Waals surface area contributed by atoms with Crippen LogP contribution in [0, 0.1) is 18.3 Å². The van der Waals surface area contributed by atoms with Gasteiger partial charge in [-0.1, -0.05) is 27.7 Å². The van der Waals surface area contributed by atoms with E-state index in [4.69, 9.17) is 0 Å². The summed E-state index contributed by atoms with van der Waals surface area (Å²) >= 11 is 3.35. The first-order chi connectivity index (χ1) is 8.20. The van der Waals surface area contributed by atoms with Crippen LogP contribution in [0.5, 0.6) is 0 Å². The average molecular weight is 313 g/mol. The van der Waals surface area contributed by atoms with Gasteiger partial charge >= 0.3 is 0 Å². The van der Waals surface area contributed by atoms with Crippen molar-refractivity contribution in [2.75, 3.05) is 5.32 Å². The molecule has 100 valence electrons. The van der Waals surface area contributed by atoms with Gasteiger partial charge in [-0.3, -0.25) is 4.79 Å². The van der Waals surface area contributed by atoms with Crippen molar-refractivity contribution in [2.24, 2.45) is 11.3 Å². The van der Waals surface area contributed by atoms with Gasteiger partial charge in [-0.15, -0.1) is 0 Å². The zero-order valence-corrected chi connectivity index (χ0v) is 13.3. The van der Waals surface area contributed by atoms with Crippen molar-refractivity contribution in [1.82, 2.24) is 4.98 Å². The van der Waals surface area contributed by atoms with Crippen LogP contribution in [-0.2, 0) is 4.79 Å². The Bertz CT molecular complexity index is 438. The molecular formula is C14H21BrN2O. The molecule has 0 aliphatic heterocycles. The second-order valence-electron chi connectivity index (χ2n) is 5.84. The number of pyridine rings is 1. The minimum Gasteiger partial charge on any atom is -0.310 e. The number of carbonyl (C=O) groups is 1. The lowest BCUT2D eigenvalue weighted by molar-refractivity contribution is -0.117. The van der Waals surface area contributed by atoms with Crippen LogP contribution >= 0.6 is 15.9 Å². The predicted molar refractivity (Wildman–Crippen MR) is 78.5 cm³/mol. The van der Waals surface area contributed by atoms with Crippen LogP contribution in [0.3, 0.4) is 0 Å². The number of halogens is 1. The van der Waals surface area contributed by atoms with Crippen LogP contribution in [0.4, 0.5) is 5.82 Å². The molecule has 0 radical (unpaired) electrons. The number of nitrogens with zero attached hydrogens (tertiary/aromatic N) is 1. The molecule has 0 spiro atoms. The van der Waals surface area contributed by atoms with E-state index in [1.54, 1.807) is 6.20 Å². The fraction of sp³-hybridized carbons (Fsp3) is 0.571. The van der Waals surface area contributed by atoms with Crippen LogP contribution in [0.15, 0.2) is 16.7 Å². The van der Waals surface area contributed by atoms with Crippen molar-refractivity contribution in [3.8, 4) is 0 Å². The van der Waals surface area contributed by atoms with Crippen molar-refractivity contribution in [2.45, 2.75) is 41.0 Å². The van der Waals surface area contributed by atoms with Crippen LogP contribution in [0.1, 0.15) is 39.7 Å². The first-order valence-electron chi connectivity index (χ1n) is 6.12. The summed E-state index contributed by atoms with van der Waals surface area (Å²) in [5.41, 5.74) is 1.10. The molecule has 4 heteroatoms. The highest BCUT2D eigenvalue weighted by atomic mass is 79.9. The van der Waals surface area contributed by atoms with E-state index in [2.05, 4.69) is 53.9 Å². The minimum atomic E-state index is 0.0235. The molecular weight excluding hydrogens is 292 g/mol. The van der Waals surface area contributed by atoms with E-state index < -0.39 is 0 Å². The molecule has 18 heavy (non-hydrogen) atoms. The Labute approximate surface area is 118 Å². The number of anilines is 1. The molecule has 3 nitrogen and oxygen atoms in total. The zero-order chi connectivity index (χ0) is 13.9. The largest absolute Gasteiger partial charge is 0.310 e. The zero-order valence-electron chi connectivity index (χ0n) is 11.7. The predicted octanol–water partition coefficient (Wildman–Crippen LogP) is 4.16. The Balaban J connectivity index is 2.65. The summed E-state index contributed by atoms with van der Waals surface area (Å²) < 4.78 is 0.918. The van der Waals surface area contributed by atoms with Gasteiger partial charge in [-0.05, 0) is 45.8 Å². The Morgan fingerprint density at radius 1 is 1.50 bits per heavy atom. The lowest BCUT2D eigenvalue weighted by atomic mass is 9.80. The quantitative estimate of drug-likeness (QED) is 0.910. The molecule has 0 aromatic carbocycles. The number of rotatable bonds is 3. The monoisotopic (exact) mass is 312 g/mol. The number of carbonyl (C=O) groups excluding carboxylic acids is 1. The SMILES string of the molecule is Cc1cc(Br)cnc1NC(=O)CC(C)C(C)(C)C. The van der Waals surface area contributed by atoms with Crippen LogP contribution in [-0.4, -0.2) is 10.9 Å². The molecule has 1 aromatic rings. The lowest BCUT2D eigenvalue weighted by Crippen LogP contribution is -2.24. The highest BCUT2D eigenvalue weighted by Gasteiger charge is 2.22. The van der Waals surface area contributed by atoms with E-state index in [1.807, 2.05) is 13.0 Å². The summed E-state index contributed by atoms with van der Waals surface area (Å²) in [7, 11) is 0. The van der Waals surface area contributed by atoms with E-state index >= 15 is 0 Å². The van der Waals surface area contributed by atoms with Crippen molar-refractivity contribution < 1.29 is 4.79 Å². The highest BCUT2D eigenvalue weighted by Crippen LogP contribution is 2.28. The van der Waals surface area contributed by atoms with Gasteiger partial charge in [0.05, 0.1) is 0 Å². The van der Waals surface area contributed by atoms with Crippen molar-refractivity contribution in [3.63, 3.8) is 0 Å². The third-order valence-corrected chi connectivity index (χ3v) is 3.71. The molecule has 0 saturated carbocycles. The van der Waals surface area contributed by atoms with Gasteiger partial charge in [-0.25, -0.2) is 4.98 Å². The number of nitrogens with one attached hydrogen (secondary N) is 1. The first kappa shape index (κ1) is 15.2. The van der Waals surface area contributed by atoms with E-state index in [9.17, 15) is 4.79 Å². The number of hydrogen-bond acceptors (Lipinski definition) is 2. The van der Waals surface area contributed by atoms with Crippen molar-refractivity contribution in [3.05, 3.63) is 22.3 Å². The second-order valence-corrected chi connectivity index (χ2v) is 6.75. The molecule has 1 aromatic heterocycles. The smallest absolute Gasteiger partial charge is 0.225 e. The van der Waals surface area contributed by atoms with Crippen LogP contribution in [0.25, 0.3) is 0 Å². The van der Waals surface area contributed by atoms with Crippen molar-refractivity contribution in [1.29, 1.82) is 0 Å². The van der Waals surface area contributed by atoms with Gasteiger partial charge in [-0.2, -0.15) is 0 Å². The number of aromatic nitrogens is 1. The van der Waals surface area contributed by atoms with Gasteiger partial charge in [0.15, 0.2) is 0 Å². The summed E-state index contributed by atoms with van der Waals surface area (Å²) in [4.78, 5) is 16.2. The van der Waals surface area contributed by atoms with Gasteiger partial charge in [0.25, 0.3) is 0 Å². The third-order valence-electron chi connectivity index (χ3n) is 3.27. The summed E-state index contributed by atoms with van der Waals surface area (Å²) in [5.74, 6) is 0.993. The fourth-order valence-corrected chi connectivity index (χ4v) is 1.88. The molecule has 0 fully saturated rings. The molecule has 0 aliphatic rings. The Morgan fingerprint density at radius 3 is 2.61 bits per heavy atom. The van der Waals surface area contributed by atoms with Crippen LogP contribution in [0.2, 0.25) is 0 Å². The van der Waals surface area contributed by atoms with Crippen molar-refractivity contribution >= 4 is 27.7 Å². The summed E-state index contributed by atoms with van der Waals surface area (Å²) in [6, 6.07) is 1.94. The highest BCUT2D eigenvalue weighted by molar-refractivity contribution is 9.10. The molecule has 1 N–H and O–H groups in total. The molecule has 1 unspecified atom stereocenters.